The lowest BCUT2D eigenvalue weighted by Gasteiger charge is -2.22. The van der Waals surface area contributed by atoms with E-state index in [1.807, 2.05) is 31.7 Å². The third-order valence-electron chi connectivity index (χ3n) is 3.28. The van der Waals surface area contributed by atoms with Gasteiger partial charge in [0.1, 0.15) is 5.82 Å². The van der Waals surface area contributed by atoms with Crippen LogP contribution in [0.5, 0.6) is 0 Å². The van der Waals surface area contributed by atoms with Crippen LogP contribution >= 0.6 is 11.8 Å². The van der Waals surface area contributed by atoms with E-state index in [2.05, 4.69) is 10.3 Å². The Morgan fingerprint density at radius 1 is 1.42 bits per heavy atom. The molecule has 1 amide bonds. The molecule has 104 valence electrons. The highest BCUT2D eigenvalue weighted by Gasteiger charge is 2.18. The Balaban J connectivity index is 2.09. The number of hydrogen-bond acceptors (Lipinski definition) is 4. The molecule has 1 aromatic rings. The minimum Gasteiger partial charge on any atom is -0.384 e. The van der Waals surface area contributed by atoms with Gasteiger partial charge in [0.25, 0.3) is 5.91 Å². The van der Waals surface area contributed by atoms with Gasteiger partial charge in [-0.1, -0.05) is 13.8 Å². The van der Waals surface area contributed by atoms with Gasteiger partial charge < -0.3 is 11.1 Å². The number of thioether (sulfide) groups is 1. The van der Waals surface area contributed by atoms with Gasteiger partial charge in [0, 0.05) is 17.3 Å². The second-order valence-corrected chi connectivity index (χ2v) is 6.45. The minimum absolute atomic E-state index is 0.0344. The molecule has 0 aliphatic carbocycles. The van der Waals surface area contributed by atoms with Gasteiger partial charge in [-0.05, 0) is 42.4 Å². The highest BCUT2D eigenvalue weighted by Crippen LogP contribution is 2.19. The van der Waals surface area contributed by atoms with Crippen molar-refractivity contribution < 1.29 is 4.79 Å². The van der Waals surface area contributed by atoms with Gasteiger partial charge in [-0.25, -0.2) is 4.98 Å². The van der Waals surface area contributed by atoms with Crippen LogP contribution in [0.3, 0.4) is 0 Å². The van der Waals surface area contributed by atoms with Gasteiger partial charge in [0.15, 0.2) is 0 Å². The molecule has 19 heavy (non-hydrogen) atoms. The van der Waals surface area contributed by atoms with Crippen molar-refractivity contribution in [2.75, 3.05) is 17.2 Å². The number of pyridine rings is 1. The summed E-state index contributed by atoms with van der Waals surface area (Å²) in [5.74, 6) is 2.89. The molecule has 1 aromatic heterocycles. The standard InChI is InChI=1S/C14H21N3OS/c1-9(2)12-7-10(8-13(15)17-12)14(18)16-11-3-5-19-6-4-11/h7-9,11H,3-6H2,1-2H3,(H2,15,17)(H,16,18). The van der Waals surface area contributed by atoms with E-state index in [1.165, 1.54) is 0 Å². The van der Waals surface area contributed by atoms with Crippen LogP contribution in [0, 0.1) is 0 Å². The van der Waals surface area contributed by atoms with Gasteiger partial charge in [0.2, 0.25) is 0 Å². The van der Waals surface area contributed by atoms with Crippen molar-refractivity contribution in [3.05, 3.63) is 23.4 Å². The highest BCUT2D eigenvalue weighted by molar-refractivity contribution is 7.99. The van der Waals surface area contributed by atoms with Crippen molar-refractivity contribution in [3.63, 3.8) is 0 Å². The van der Waals surface area contributed by atoms with Crippen LogP contribution in [0.1, 0.15) is 48.7 Å². The van der Waals surface area contributed by atoms with Crippen molar-refractivity contribution >= 4 is 23.5 Å². The minimum atomic E-state index is -0.0344. The molecular formula is C14H21N3OS. The number of hydrogen-bond donors (Lipinski definition) is 2. The molecule has 0 aromatic carbocycles. The molecular weight excluding hydrogens is 258 g/mol. The van der Waals surface area contributed by atoms with E-state index >= 15 is 0 Å². The molecule has 1 aliphatic rings. The topological polar surface area (TPSA) is 68.0 Å². The van der Waals surface area contributed by atoms with Gasteiger partial charge >= 0.3 is 0 Å². The van der Waals surface area contributed by atoms with Crippen molar-refractivity contribution in [2.24, 2.45) is 0 Å². The van der Waals surface area contributed by atoms with Crippen LogP contribution in [0.25, 0.3) is 0 Å². The molecule has 1 saturated heterocycles. The Kier molecular flexibility index (Phi) is 4.69. The summed E-state index contributed by atoms with van der Waals surface area (Å²) in [4.78, 5) is 16.5. The van der Waals surface area contributed by atoms with E-state index in [4.69, 9.17) is 5.73 Å². The average Bonchev–Trinajstić information content (AvgIpc) is 2.39. The number of amides is 1. The Labute approximate surface area is 118 Å². The first-order valence-electron chi connectivity index (χ1n) is 6.72. The first-order chi connectivity index (χ1) is 9.06. The second-order valence-electron chi connectivity index (χ2n) is 5.22. The Hall–Kier alpha value is -1.23. The lowest BCUT2D eigenvalue weighted by atomic mass is 10.1. The predicted molar refractivity (Wildman–Crippen MR) is 80.6 cm³/mol. The SMILES string of the molecule is CC(C)c1cc(C(=O)NC2CCSCC2)cc(N)n1. The number of anilines is 1. The molecule has 1 aliphatic heterocycles. The maximum atomic E-state index is 12.2. The second kappa shape index (κ2) is 6.28. The lowest BCUT2D eigenvalue weighted by molar-refractivity contribution is 0.0934. The van der Waals surface area contributed by atoms with Crippen LogP contribution in [0.2, 0.25) is 0 Å². The highest BCUT2D eigenvalue weighted by atomic mass is 32.2. The summed E-state index contributed by atoms with van der Waals surface area (Å²) in [6.45, 7) is 4.09. The first kappa shape index (κ1) is 14.2. The Morgan fingerprint density at radius 3 is 2.74 bits per heavy atom. The maximum Gasteiger partial charge on any atom is 0.251 e. The monoisotopic (exact) mass is 279 g/mol. The van der Waals surface area contributed by atoms with Crippen molar-refractivity contribution in [1.82, 2.24) is 10.3 Å². The number of nitrogens with one attached hydrogen (secondary N) is 1. The van der Waals surface area contributed by atoms with Gasteiger partial charge in [0.05, 0.1) is 0 Å². The van der Waals surface area contributed by atoms with Crippen LogP contribution in [0.15, 0.2) is 12.1 Å². The summed E-state index contributed by atoms with van der Waals surface area (Å²) in [5.41, 5.74) is 7.26. The number of nitrogens with zero attached hydrogens (tertiary/aromatic N) is 1. The molecule has 0 atom stereocenters. The fraction of sp³-hybridized carbons (Fsp3) is 0.571. The fourth-order valence-corrected chi connectivity index (χ4v) is 3.22. The summed E-state index contributed by atoms with van der Waals surface area (Å²) in [6, 6.07) is 3.79. The van der Waals surface area contributed by atoms with Gasteiger partial charge in [-0.3, -0.25) is 4.79 Å². The van der Waals surface area contributed by atoms with Crippen LogP contribution in [0.4, 0.5) is 5.82 Å². The molecule has 1 fully saturated rings. The zero-order valence-electron chi connectivity index (χ0n) is 11.5. The Bertz CT molecular complexity index is 456. The largest absolute Gasteiger partial charge is 0.384 e. The van der Waals surface area contributed by atoms with Crippen molar-refractivity contribution in [2.45, 2.75) is 38.6 Å². The van der Waals surface area contributed by atoms with E-state index in [-0.39, 0.29) is 11.8 Å². The molecule has 5 heteroatoms. The van der Waals surface area contributed by atoms with E-state index in [0.717, 1.165) is 30.0 Å². The Morgan fingerprint density at radius 2 is 2.11 bits per heavy atom. The molecule has 2 heterocycles. The normalized spacial score (nSPS) is 16.6. The number of rotatable bonds is 3. The number of nitrogen functional groups attached to an aromatic ring is 1. The van der Waals surface area contributed by atoms with Crippen molar-refractivity contribution in [3.8, 4) is 0 Å². The van der Waals surface area contributed by atoms with E-state index in [9.17, 15) is 4.79 Å². The molecule has 0 spiro atoms. The van der Waals surface area contributed by atoms with Crippen LogP contribution in [-0.4, -0.2) is 28.4 Å². The molecule has 2 rings (SSSR count). The lowest BCUT2D eigenvalue weighted by Crippen LogP contribution is -2.37. The first-order valence-corrected chi connectivity index (χ1v) is 7.88. The summed E-state index contributed by atoms with van der Waals surface area (Å²) in [6.07, 6.45) is 2.10. The molecule has 0 bridgehead atoms. The quantitative estimate of drug-likeness (QED) is 0.891. The van der Waals surface area contributed by atoms with Crippen molar-refractivity contribution in [1.29, 1.82) is 0 Å². The van der Waals surface area contributed by atoms with E-state index in [0.29, 0.717) is 17.4 Å². The predicted octanol–water partition coefficient (Wildman–Crippen LogP) is 2.41. The average molecular weight is 279 g/mol. The molecule has 0 radical (unpaired) electrons. The maximum absolute atomic E-state index is 12.2. The smallest absolute Gasteiger partial charge is 0.251 e. The van der Waals surface area contributed by atoms with Gasteiger partial charge in [-0.2, -0.15) is 11.8 Å². The summed E-state index contributed by atoms with van der Waals surface area (Å²) >= 11 is 1.95. The van der Waals surface area contributed by atoms with Gasteiger partial charge in [-0.15, -0.1) is 0 Å². The zero-order chi connectivity index (χ0) is 13.8. The van der Waals surface area contributed by atoms with Crippen LogP contribution in [-0.2, 0) is 0 Å². The number of nitrogens with two attached hydrogens (primary N) is 1. The zero-order valence-corrected chi connectivity index (χ0v) is 12.3. The molecule has 0 saturated carbocycles. The number of carbonyl (C=O) groups is 1. The number of carbonyl (C=O) groups excluding carboxylic acids is 1. The fourth-order valence-electron chi connectivity index (χ4n) is 2.11. The van der Waals surface area contributed by atoms with Crippen LogP contribution < -0.4 is 11.1 Å². The summed E-state index contributed by atoms with van der Waals surface area (Å²) < 4.78 is 0. The molecule has 0 unspecified atom stereocenters. The summed E-state index contributed by atoms with van der Waals surface area (Å²) in [7, 11) is 0. The van der Waals surface area contributed by atoms with E-state index < -0.39 is 0 Å². The molecule has 3 N–H and O–H groups in total. The molecule has 4 nitrogen and oxygen atoms in total. The third-order valence-corrected chi connectivity index (χ3v) is 4.32. The third kappa shape index (κ3) is 3.86. The number of aromatic nitrogens is 1. The van der Waals surface area contributed by atoms with E-state index in [1.54, 1.807) is 6.07 Å². The summed E-state index contributed by atoms with van der Waals surface area (Å²) in [5, 5.41) is 3.09.